The first-order valence-electron chi connectivity index (χ1n) is 4.67. The van der Waals surface area contributed by atoms with Gasteiger partial charge in [0.05, 0.1) is 5.69 Å². The van der Waals surface area contributed by atoms with Crippen molar-refractivity contribution >= 4 is 11.5 Å². The Bertz CT molecular complexity index is 298. The molecule has 1 unspecified atom stereocenters. The van der Waals surface area contributed by atoms with Gasteiger partial charge in [0.2, 0.25) is 0 Å². The summed E-state index contributed by atoms with van der Waals surface area (Å²) in [6, 6.07) is 4.05. The van der Waals surface area contributed by atoms with E-state index < -0.39 is 0 Å². The van der Waals surface area contributed by atoms with E-state index in [1.807, 2.05) is 12.3 Å². The summed E-state index contributed by atoms with van der Waals surface area (Å²) in [5, 5.41) is 3.40. The minimum absolute atomic E-state index is 0.666. The van der Waals surface area contributed by atoms with Gasteiger partial charge in [0, 0.05) is 26.3 Å². The average molecular weight is 177 g/mol. The van der Waals surface area contributed by atoms with Crippen molar-refractivity contribution in [3.8, 4) is 0 Å². The number of fused-ring (bicyclic) bond motifs is 1. The van der Waals surface area contributed by atoms with Crippen LogP contribution in [0.5, 0.6) is 0 Å². The quantitative estimate of drug-likeness (QED) is 0.652. The lowest BCUT2D eigenvalue weighted by Gasteiger charge is -2.18. The van der Waals surface area contributed by atoms with Crippen molar-refractivity contribution in [2.24, 2.45) is 5.92 Å². The van der Waals surface area contributed by atoms with Crippen LogP contribution in [-0.2, 0) is 0 Å². The summed E-state index contributed by atoms with van der Waals surface area (Å²) in [7, 11) is 2.09. The maximum Gasteiger partial charge on any atom is 0.151 e. The molecule has 0 spiro atoms. The molecule has 70 valence electrons. The minimum atomic E-state index is 0.666. The van der Waals surface area contributed by atoms with Gasteiger partial charge in [-0.25, -0.2) is 4.98 Å². The van der Waals surface area contributed by atoms with E-state index in [9.17, 15) is 0 Å². The van der Waals surface area contributed by atoms with Crippen molar-refractivity contribution in [3.05, 3.63) is 18.3 Å². The second-order valence-electron chi connectivity index (χ2n) is 3.74. The monoisotopic (exact) mass is 177 g/mol. The van der Waals surface area contributed by atoms with Gasteiger partial charge in [-0.3, -0.25) is 0 Å². The summed E-state index contributed by atoms with van der Waals surface area (Å²) in [5.74, 6) is 1.73. The van der Waals surface area contributed by atoms with Gasteiger partial charge in [-0.05, 0) is 18.1 Å². The summed E-state index contributed by atoms with van der Waals surface area (Å²) in [6.07, 6.45) is 1.84. The second kappa shape index (κ2) is 3.24. The van der Waals surface area contributed by atoms with Gasteiger partial charge in [0.15, 0.2) is 5.82 Å². The largest absolute Gasteiger partial charge is 0.382 e. The molecule has 0 aliphatic carbocycles. The fourth-order valence-corrected chi connectivity index (χ4v) is 1.74. The van der Waals surface area contributed by atoms with Crippen molar-refractivity contribution in [2.75, 3.05) is 30.4 Å². The summed E-state index contributed by atoms with van der Waals surface area (Å²) in [4.78, 5) is 6.57. The smallest absolute Gasteiger partial charge is 0.151 e. The van der Waals surface area contributed by atoms with E-state index in [0.29, 0.717) is 5.92 Å². The number of anilines is 2. The normalized spacial score (nSPS) is 21.7. The Morgan fingerprint density at radius 2 is 2.46 bits per heavy atom. The Morgan fingerprint density at radius 1 is 1.62 bits per heavy atom. The van der Waals surface area contributed by atoms with Crippen LogP contribution in [0.2, 0.25) is 0 Å². The highest BCUT2D eigenvalue weighted by Gasteiger charge is 2.16. The van der Waals surface area contributed by atoms with E-state index >= 15 is 0 Å². The molecule has 1 aromatic rings. The van der Waals surface area contributed by atoms with Crippen LogP contribution in [0.25, 0.3) is 0 Å². The number of hydrogen-bond donors (Lipinski definition) is 1. The molecule has 1 atom stereocenters. The fraction of sp³-hybridized carbons (Fsp3) is 0.500. The Morgan fingerprint density at radius 3 is 3.31 bits per heavy atom. The predicted octanol–water partition coefficient (Wildman–Crippen LogP) is 1.58. The molecule has 0 saturated carbocycles. The van der Waals surface area contributed by atoms with Crippen molar-refractivity contribution in [2.45, 2.75) is 6.92 Å². The van der Waals surface area contributed by atoms with E-state index in [0.717, 1.165) is 24.6 Å². The molecule has 3 nitrogen and oxygen atoms in total. The molecule has 3 heteroatoms. The molecule has 2 rings (SSSR count). The number of pyridine rings is 1. The zero-order valence-corrected chi connectivity index (χ0v) is 8.12. The van der Waals surface area contributed by atoms with Crippen LogP contribution in [0, 0.1) is 5.92 Å². The summed E-state index contributed by atoms with van der Waals surface area (Å²) in [5.41, 5.74) is 1.15. The molecule has 0 saturated heterocycles. The van der Waals surface area contributed by atoms with Crippen LogP contribution in [0.15, 0.2) is 18.3 Å². The lowest BCUT2D eigenvalue weighted by molar-refractivity contribution is 0.616. The first-order chi connectivity index (χ1) is 6.27. The van der Waals surface area contributed by atoms with E-state index in [-0.39, 0.29) is 0 Å². The topological polar surface area (TPSA) is 28.2 Å². The molecule has 0 aromatic carbocycles. The maximum atomic E-state index is 4.36. The molecule has 1 aliphatic heterocycles. The van der Waals surface area contributed by atoms with Crippen molar-refractivity contribution in [1.29, 1.82) is 0 Å². The van der Waals surface area contributed by atoms with Crippen molar-refractivity contribution in [1.82, 2.24) is 4.98 Å². The number of nitrogens with zero attached hydrogens (tertiary/aromatic N) is 2. The van der Waals surface area contributed by atoms with Gasteiger partial charge in [-0.2, -0.15) is 0 Å². The van der Waals surface area contributed by atoms with Crippen LogP contribution in [0.1, 0.15) is 6.92 Å². The third-order valence-corrected chi connectivity index (χ3v) is 2.37. The van der Waals surface area contributed by atoms with Gasteiger partial charge in [0.25, 0.3) is 0 Å². The highest BCUT2D eigenvalue weighted by molar-refractivity contribution is 5.65. The molecular weight excluding hydrogens is 162 g/mol. The Labute approximate surface area is 78.8 Å². The molecule has 0 fully saturated rings. The number of aromatic nitrogens is 1. The third-order valence-electron chi connectivity index (χ3n) is 2.37. The van der Waals surface area contributed by atoms with Crippen molar-refractivity contribution in [3.63, 3.8) is 0 Å². The highest BCUT2D eigenvalue weighted by Crippen LogP contribution is 2.24. The number of nitrogens with one attached hydrogen (secondary N) is 1. The third kappa shape index (κ3) is 1.59. The molecule has 0 radical (unpaired) electrons. The van der Waals surface area contributed by atoms with Gasteiger partial charge >= 0.3 is 0 Å². The van der Waals surface area contributed by atoms with Crippen LogP contribution in [-0.4, -0.2) is 25.1 Å². The van der Waals surface area contributed by atoms with E-state index in [2.05, 4.69) is 35.2 Å². The molecular formula is C10H15N3. The van der Waals surface area contributed by atoms with Crippen LogP contribution < -0.4 is 10.2 Å². The Balaban J connectivity index is 2.35. The van der Waals surface area contributed by atoms with Gasteiger partial charge in [-0.15, -0.1) is 0 Å². The van der Waals surface area contributed by atoms with E-state index in [1.54, 1.807) is 0 Å². The molecule has 13 heavy (non-hydrogen) atoms. The Hall–Kier alpha value is -1.25. The zero-order chi connectivity index (χ0) is 9.26. The molecule has 1 aliphatic rings. The molecule has 2 heterocycles. The average Bonchev–Trinajstić information content (AvgIpc) is 2.27. The SMILES string of the molecule is CC1CNc2cccnc2N(C)C1. The van der Waals surface area contributed by atoms with Gasteiger partial charge in [0.1, 0.15) is 0 Å². The Kier molecular flexibility index (Phi) is 2.08. The predicted molar refractivity (Wildman–Crippen MR) is 55.2 cm³/mol. The zero-order valence-electron chi connectivity index (χ0n) is 8.12. The van der Waals surface area contributed by atoms with E-state index in [4.69, 9.17) is 0 Å². The summed E-state index contributed by atoms with van der Waals surface area (Å²) >= 11 is 0. The molecule has 0 bridgehead atoms. The van der Waals surface area contributed by atoms with Crippen LogP contribution in [0.4, 0.5) is 11.5 Å². The van der Waals surface area contributed by atoms with Gasteiger partial charge < -0.3 is 10.2 Å². The lowest BCUT2D eigenvalue weighted by atomic mass is 10.2. The number of rotatable bonds is 0. The first-order valence-corrected chi connectivity index (χ1v) is 4.67. The standard InChI is InChI=1S/C10H15N3/c1-8-6-12-9-4-3-5-11-10(9)13(2)7-8/h3-5,8,12H,6-7H2,1-2H3. The highest BCUT2D eigenvalue weighted by atomic mass is 15.2. The minimum Gasteiger partial charge on any atom is -0.382 e. The van der Waals surface area contributed by atoms with E-state index in [1.165, 1.54) is 0 Å². The summed E-state index contributed by atoms with van der Waals surface area (Å²) < 4.78 is 0. The fourth-order valence-electron chi connectivity index (χ4n) is 1.74. The first kappa shape index (κ1) is 8.35. The van der Waals surface area contributed by atoms with Gasteiger partial charge in [-0.1, -0.05) is 6.92 Å². The summed E-state index contributed by atoms with van der Waals surface area (Å²) in [6.45, 7) is 4.34. The molecule has 0 amide bonds. The number of hydrogen-bond acceptors (Lipinski definition) is 3. The van der Waals surface area contributed by atoms with Crippen molar-refractivity contribution < 1.29 is 0 Å². The molecule has 1 N–H and O–H groups in total. The van der Waals surface area contributed by atoms with Crippen LogP contribution >= 0.6 is 0 Å². The van der Waals surface area contributed by atoms with Crippen LogP contribution in [0.3, 0.4) is 0 Å². The maximum absolute atomic E-state index is 4.36. The lowest BCUT2D eigenvalue weighted by Crippen LogP contribution is -2.24. The molecule has 1 aromatic heterocycles. The second-order valence-corrected chi connectivity index (χ2v) is 3.74.